The number of aryl methyl sites for hydroxylation is 1. The zero-order chi connectivity index (χ0) is 20.2. The summed E-state index contributed by atoms with van der Waals surface area (Å²) in [5.74, 6) is -0.183. The van der Waals surface area contributed by atoms with E-state index in [4.69, 9.17) is 4.74 Å². The zero-order valence-electron chi connectivity index (χ0n) is 17.3. The summed E-state index contributed by atoms with van der Waals surface area (Å²) in [5, 5.41) is 7.40. The highest BCUT2D eigenvalue weighted by molar-refractivity contribution is 7.07. The number of pyridine rings is 1. The van der Waals surface area contributed by atoms with E-state index in [9.17, 15) is 9.59 Å². The first-order valence-electron chi connectivity index (χ1n) is 10.5. The molecule has 164 valence electrons. The Labute approximate surface area is 187 Å². The summed E-state index contributed by atoms with van der Waals surface area (Å²) in [4.78, 5) is 28.7. The molecule has 1 N–H and O–H groups in total. The summed E-state index contributed by atoms with van der Waals surface area (Å²) < 4.78 is 7.56. The molecule has 2 saturated heterocycles. The van der Waals surface area contributed by atoms with E-state index in [1.54, 1.807) is 20.8 Å². The van der Waals surface area contributed by atoms with Gasteiger partial charge < -0.3 is 19.5 Å². The second-order valence-corrected chi connectivity index (χ2v) is 8.80. The third kappa shape index (κ3) is 5.14. The van der Waals surface area contributed by atoms with Crippen LogP contribution >= 0.6 is 23.7 Å². The van der Waals surface area contributed by atoms with Gasteiger partial charge in [0.1, 0.15) is 5.56 Å². The van der Waals surface area contributed by atoms with E-state index >= 15 is 0 Å². The van der Waals surface area contributed by atoms with Gasteiger partial charge in [0, 0.05) is 31.9 Å². The van der Waals surface area contributed by atoms with Crippen LogP contribution in [-0.2, 0) is 11.3 Å². The van der Waals surface area contributed by atoms with Crippen molar-refractivity contribution in [1.82, 2.24) is 14.8 Å². The Balaban J connectivity index is 0.00000256. The lowest BCUT2D eigenvalue weighted by atomic mass is 10.0. The number of nitrogens with one attached hydrogen (secondary N) is 1. The van der Waals surface area contributed by atoms with E-state index in [1.165, 1.54) is 0 Å². The van der Waals surface area contributed by atoms with Crippen LogP contribution in [0.5, 0.6) is 0 Å². The minimum atomic E-state index is -0.183. The molecular formula is C22H30ClN3O3S. The van der Waals surface area contributed by atoms with E-state index in [-0.39, 0.29) is 36.0 Å². The number of ether oxygens (including phenoxy) is 1. The number of carbonyl (C=O) groups is 1. The average molecular weight is 452 g/mol. The van der Waals surface area contributed by atoms with E-state index < -0.39 is 0 Å². The molecule has 1 atom stereocenters. The summed E-state index contributed by atoms with van der Waals surface area (Å²) in [6.07, 6.45) is 5.70. The predicted molar refractivity (Wildman–Crippen MR) is 122 cm³/mol. The van der Waals surface area contributed by atoms with Gasteiger partial charge in [-0.1, -0.05) is 0 Å². The van der Waals surface area contributed by atoms with Crippen LogP contribution in [0.3, 0.4) is 0 Å². The second-order valence-electron chi connectivity index (χ2n) is 8.02. The molecule has 0 radical (unpaired) electrons. The maximum absolute atomic E-state index is 13.6. The standard InChI is InChI=1S/C22H29N3O3S.ClH/c1-16-6-10-25(18-4-8-23-9-5-18)22(27)20(16)21(26)24(13-17-7-12-29-15-17)14-19-3-2-11-28-19;/h6-7,10,12,15,18-19,23H,2-5,8-9,11,13-14H2,1H3;1H. The molecule has 2 aliphatic rings. The number of halogens is 1. The molecule has 2 fully saturated rings. The Bertz CT molecular complexity index is 888. The van der Waals surface area contributed by atoms with Crippen molar-refractivity contribution in [2.45, 2.75) is 51.3 Å². The number of hydrogen-bond acceptors (Lipinski definition) is 5. The van der Waals surface area contributed by atoms with E-state index in [2.05, 4.69) is 10.7 Å². The monoisotopic (exact) mass is 451 g/mol. The Morgan fingerprint density at radius 3 is 2.77 bits per heavy atom. The maximum atomic E-state index is 13.6. The fraction of sp³-hybridized carbons (Fsp3) is 0.545. The molecular weight excluding hydrogens is 422 g/mol. The van der Waals surface area contributed by atoms with Crippen LogP contribution in [0.25, 0.3) is 0 Å². The summed E-state index contributed by atoms with van der Waals surface area (Å²) in [5.41, 5.74) is 1.98. The molecule has 1 unspecified atom stereocenters. The molecule has 8 heteroatoms. The number of aromatic nitrogens is 1. The van der Waals surface area contributed by atoms with Gasteiger partial charge >= 0.3 is 0 Å². The number of piperidine rings is 1. The van der Waals surface area contributed by atoms with Crippen LogP contribution in [0.4, 0.5) is 0 Å². The van der Waals surface area contributed by atoms with Gasteiger partial charge in [-0.05, 0) is 79.7 Å². The molecule has 0 spiro atoms. The zero-order valence-corrected chi connectivity index (χ0v) is 19.0. The summed E-state index contributed by atoms with van der Waals surface area (Å²) >= 11 is 1.62. The lowest BCUT2D eigenvalue weighted by molar-refractivity contribution is 0.0505. The first-order valence-corrected chi connectivity index (χ1v) is 11.4. The Hall–Kier alpha value is -1.67. The Morgan fingerprint density at radius 2 is 2.10 bits per heavy atom. The molecule has 2 aromatic rings. The minimum absolute atomic E-state index is 0. The van der Waals surface area contributed by atoms with Gasteiger partial charge in [-0.15, -0.1) is 12.4 Å². The smallest absolute Gasteiger partial charge is 0.263 e. The molecule has 0 aliphatic carbocycles. The molecule has 0 aromatic carbocycles. The highest BCUT2D eigenvalue weighted by atomic mass is 35.5. The largest absolute Gasteiger partial charge is 0.376 e. The van der Waals surface area contributed by atoms with Crippen LogP contribution < -0.4 is 10.9 Å². The van der Waals surface area contributed by atoms with Crippen molar-refractivity contribution in [3.63, 3.8) is 0 Å². The number of nitrogens with zero attached hydrogens (tertiary/aromatic N) is 2. The summed E-state index contributed by atoms with van der Waals surface area (Å²) in [6.45, 7) is 5.43. The van der Waals surface area contributed by atoms with Gasteiger partial charge in [0.05, 0.1) is 6.10 Å². The van der Waals surface area contributed by atoms with Gasteiger partial charge in [-0.25, -0.2) is 0 Å². The minimum Gasteiger partial charge on any atom is -0.376 e. The molecule has 30 heavy (non-hydrogen) atoms. The van der Waals surface area contributed by atoms with Gasteiger partial charge in [-0.2, -0.15) is 11.3 Å². The number of amides is 1. The Kier molecular flexibility index (Phi) is 8.11. The third-order valence-electron chi connectivity index (χ3n) is 5.93. The molecule has 0 saturated carbocycles. The molecule has 1 amide bonds. The third-order valence-corrected chi connectivity index (χ3v) is 6.66. The highest BCUT2D eigenvalue weighted by Crippen LogP contribution is 2.20. The fourth-order valence-electron chi connectivity index (χ4n) is 4.29. The van der Waals surface area contributed by atoms with Crippen LogP contribution in [0, 0.1) is 6.92 Å². The van der Waals surface area contributed by atoms with Gasteiger partial charge in [0.2, 0.25) is 0 Å². The quantitative estimate of drug-likeness (QED) is 0.731. The fourth-order valence-corrected chi connectivity index (χ4v) is 4.95. The lowest BCUT2D eigenvalue weighted by Gasteiger charge is -2.28. The molecule has 2 aromatic heterocycles. The van der Waals surface area contributed by atoms with Crippen molar-refractivity contribution in [1.29, 1.82) is 0 Å². The summed E-state index contributed by atoms with van der Waals surface area (Å²) in [7, 11) is 0. The topological polar surface area (TPSA) is 63.6 Å². The van der Waals surface area contributed by atoms with Crippen molar-refractivity contribution in [2.24, 2.45) is 0 Å². The van der Waals surface area contributed by atoms with Crippen LogP contribution in [-0.4, -0.2) is 47.7 Å². The van der Waals surface area contributed by atoms with Gasteiger partial charge in [-0.3, -0.25) is 9.59 Å². The van der Waals surface area contributed by atoms with E-state index in [1.807, 2.05) is 30.6 Å². The number of rotatable bonds is 6. The van der Waals surface area contributed by atoms with Crippen molar-refractivity contribution >= 4 is 29.7 Å². The second kappa shape index (κ2) is 10.6. The molecule has 4 rings (SSSR count). The van der Waals surface area contributed by atoms with E-state index in [0.29, 0.717) is 18.7 Å². The normalized spacial score (nSPS) is 19.4. The summed E-state index contributed by atoms with van der Waals surface area (Å²) in [6, 6.07) is 4.09. The van der Waals surface area contributed by atoms with Crippen molar-refractivity contribution in [3.8, 4) is 0 Å². The van der Waals surface area contributed by atoms with Crippen LogP contribution in [0.1, 0.15) is 53.2 Å². The van der Waals surface area contributed by atoms with Gasteiger partial charge in [0.15, 0.2) is 0 Å². The van der Waals surface area contributed by atoms with Crippen LogP contribution in [0.15, 0.2) is 33.9 Å². The predicted octanol–water partition coefficient (Wildman–Crippen LogP) is 3.39. The van der Waals surface area contributed by atoms with Crippen LogP contribution in [0.2, 0.25) is 0 Å². The number of thiophene rings is 1. The highest BCUT2D eigenvalue weighted by Gasteiger charge is 2.28. The molecule has 6 nitrogen and oxygen atoms in total. The van der Waals surface area contributed by atoms with Gasteiger partial charge in [0.25, 0.3) is 11.5 Å². The Morgan fingerprint density at radius 1 is 1.30 bits per heavy atom. The van der Waals surface area contributed by atoms with Crippen molar-refractivity contribution in [3.05, 3.63) is 56.1 Å². The first-order chi connectivity index (χ1) is 14.1. The molecule has 4 heterocycles. The average Bonchev–Trinajstić information content (AvgIpc) is 3.42. The molecule has 0 bridgehead atoms. The number of hydrogen-bond donors (Lipinski definition) is 1. The maximum Gasteiger partial charge on any atom is 0.263 e. The van der Waals surface area contributed by atoms with E-state index in [0.717, 1.165) is 56.5 Å². The lowest BCUT2D eigenvalue weighted by Crippen LogP contribution is -2.42. The van der Waals surface area contributed by atoms with Crippen molar-refractivity contribution < 1.29 is 9.53 Å². The van der Waals surface area contributed by atoms with Crippen molar-refractivity contribution in [2.75, 3.05) is 26.2 Å². The number of carbonyl (C=O) groups excluding carboxylic acids is 1. The SMILES string of the molecule is Cc1ccn(C2CCNCC2)c(=O)c1C(=O)N(Cc1ccsc1)CC1CCCO1.Cl. The molecule has 2 aliphatic heterocycles. The first kappa shape index (κ1) is 23.0.